The zero-order chi connectivity index (χ0) is 23.9. The Morgan fingerprint density at radius 1 is 1.06 bits per heavy atom. The Morgan fingerprint density at radius 3 is 2.33 bits per heavy atom. The molecule has 7 nitrogen and oxygen atoms in total. The molecule has 1 amide bonds. The summed E-state index contributed by atoms with van der Waals surface area (Å²) in [6, 6.07) is 13.5. The van der Waals surface area contributed by atoms with Crippen LogP contribution in [-0.4, -0.2) is 42.7 Å². The number of primary sulfonamides is 1. The van der Waals surface area contributed by atoms with E-state index in [1.807, 2.05) is 30.5 Å². The van der Waals surface area contributed by atoms with Crippen LogP contribution in [0.25, 0.3) is 16.8 Å². The van der Waals surface area contributed by atoms with Crippen LogP contribution >= 0.6 is 11.6 Å². The van der Waals surface area contributed by atoms with Crippen molar-refractivity contribution in [3.05, 3.63) is 70.5 Å². The number of likely N-dealkylation sites (tertiary alicyclic amines) is 1. The van der Waals surface area contributed by atoms with Crippen molar-refractivity contribution in [2.75, 3.05) is 13.1 Å². The lowest BCUT2D eigenvalue weighted by Gasteiger charge is -2.16. The topological polar surface area (TPSA) is 102 Å². The van der Waals surface area contributed by atoms with E-state index in [9.17, 15) is 18.0 Å². The number of aromatic nitrogens is 1. The van der Waals surface area contributed by atoms with Crippen molar-refractivity contribution in [3.8, 4) is 16.8 Å². The van der Waals surface area contributed by atoms with Crippen molar-refractivity contribution >= 4 is 33.3 Å². The van der Waals surface area contributed by atoms with Gasteiger partial charge in [-0.1, -0.05) is 29.8 Å². The van der Waals surface area contributed by atoms with Crippen LogP contribution < -0.4 is 5.14 Å². The Balaban J connectivity index is 1.97. The Bertz CT molecular complexity index is 1360. The maximum Gasteiger partial charge on any atom is 0.238 e. The standard InChI is InChI=1S/C24H24ClN3O4S/c1-15-23(19-6-3-4-7-21(19)33(26,31)32)24(20(29)14-27-13-5-8-22(27)30)16(2)28(15)18-11-9-17(25)10-12-18/h3-4,6-7,9-12H,5,8,13-14H2,1-2H3,(H2,26,31,32). The van der Waals surface area contributed by atoms with Crippen molar-refractivity contribution in [1.29, 1.82) is 0 Å². The second kappa shape index (κ2) is 8.78. The third kappa shape index (κ3) is 4.34. The second-order valence-electron chi connectivity index (χ2n) is 8.12. The minimum atomic E-state index is -4.05. The first-order valence-corrected chi connectivity index (χ1v) is 12.4. The first kappa shape index (κ1) is 23.2. The van der Waals surface area contributed by atoms with Crippen LogP contribution in [0.1, 0.15) is 34.6 Å². The number of ketones is 1. The Morgan fingerprint density at radius 2 is 1.73 bits per heavy atom. The quantitative estimate of drug-likeness (QED) is 0.535. The highest BCUT2D eigenvalue weighted by Gasteiger charge is 2.30. The molecule has 1 aliphatic heterocycles. The van der Waals surface area contributed by atoms with E-state index < -0.39 is 10.0 Å². The number of halogens is 1. The highest BCUT2D eigenvalue weighted by atomic mass is 35.5. The molecular formula is C24H24ClN3O4S. The average Bonchev–Trinajstić information content (AvgIpc) is 3.28. The van der Waals surface area contributed by atoms with Crippen LogP contribution in [0.2, 0.25) is 5.02 Å². The van der Waals surface area contributed by atoms with Crippen molar-refractivity contribution in [2.45, 2.75) is 31.6 Å². The van der Waals surface area contributed by atoms with Gasteiger partial charge < -0.3 is 9.47 Å². The van der Waals surface area contributed by atoms with E-state index in [-0.39, 0.29) is 23.1 Å². The molecule has 33 heavy (non-hydrogen) atoms. The number of hydrogen-bond acceptors (Lipinski definition) is 4. The van der Waals surface area contributed by atoms with E-state index in [2.05, 4.69) is 0 Å². The van der Waals surface area contributed by atoms with Crippen LogP contribution in [0.5, 0.6) is 0 Å². The van der Waals surface area contributed by atoms with Gasteiger partial charge in [-0.25, -0.2) is 13.6 Å². The first-order chi connectivity index (χ1) is 15.6. The summed E-state index contributed by atoms with van der Waals surface area (Å²) in [4.78, 5) is 27.2. The second-order valence-corrected chi connectivity index (χ2v) is 10.1. The number of Topliss-reactive ketones (excluding diaryl/α,β-unsaturated/α-hetero) is 1. The lowest BCUT2D eigenvalue weighted by Crippen LogP contribution is -2.31. The van der Waals surface area contributed by atoms with Gasteiger partial charge in [-0.05, 0) is 50.6 Å². The van der Waals surface area contributed by atoms with Gasteiger partial charge in [0.05, 0.1) is 11.4 Å². The zero-order valence-electron chi connectivity index (χ0n) is 18.3. The molecule has 2 heterocycles. The molecule has 9 heteroatoms. The maximum absolute atomic E-state index is 13.6. The van der Waals surface area contributed by atoms with Crippen LogP contribution in [0.15, 0.2) is 53.4 Å². The van der Waals surface area contributed by atoms with Crippen molar-refractivity contribution < 1.29 is 18.0 Å². The zero-order valence-corrected chi connectivity index (χ0v) is 19.9. The number of nitrogens with zero attached hydrogens (tertiary/aromatic N) is 2. The number of carbonyl (C=O) groups excluding carboxylic acids is 2. The van der Waals surface area contributed by atoms with E-state index >= 15 is 0 Å². The summed E-state index contributed by atoms with van der Waals surface area (Å²) in [5.41, 5.74) is 3.32. The fourth-order valence-corrected chi connectivity index (χ4v) is 5.40. The number of sulfonamides is 1. The minimum absolute atomic E-state index is 0.0543. The number of amides is 1. The van der Waals surface area contributed by atoms with Crippen LogP contribution in [0, 0.1) is 13.8 Å². The summed E-state index contributed by atoms with van der Waals surface area (Å²) < 4.78 is 26.6. The van der Waals surface area contributed by atoms with Crippen LogP contribution in [-0.2, 0) is 14.8 Å². The summed E-state index contributed by atoms with van der Waals surface area (Å²) in [5.74, 6) is -0.306. The van der Waals surface area contributed by atoms with Crippen molar-refractivity contribution in [1.82, 2.24) is 9.47 Å². The summed E-state index contributed by atoms with van der Waals surface area (Å²) in [7, 11) is -4.05. The molecule has 4 rings (SSSR count). The molecule has 172 valence electrons. The SMILES string of the molecule is Cc1c(C(=O)CN2CCCC2=O)c(-c2ccccc2S(N)(=O)=O)c(C)n1-c1ccc(Cl)cc1. The van der Waals surface area contributed by atoms with Gasteiger partial charge in [0.2, 0.25) is 15.9 Å². The molecule has 0 spiro atoms. The fourth-order valence-electron chi connectivity index (χ4n) is 4.53. The monoisotopic (exact) mass is 485 g/mol. The minimum Gasteiger partial charge on any atom is -0.335 e. The smallest absolute Gasteiger partial charge is 0.238 e. The molecule has 0 radical (unpaired) electrons. The largest absolute Gasteiger partial charge is 0.335 e. The molecule has 1 fully saturated rings. The van der Waals surface area contributed by atoms with Gasteiger partial charge in [0.1, 0.15) is 0 Å². The van der Waals surface area contributed by atoms with Crippen molar-refractivity contribution in [2.24, 2.45) is 5.14 Å². The molecule has 2 aromatic carbocycles. The summed E-state index contributed by atoms with van der Waals surface area (Å²) in [6.45, 7) is 4.11. The third-order valence-corrected chi connectivity index (χ3v) is 7.20. The fraction of sp³-hybridized carbons (Fsp3) is 0.250. The lowest BCUT2D eigenvalue weighted by atomic mass is 9.97. The molecule has 1 aliphatic rings. The highest BCUT2D eigenvalue weighted by Crippen LogP contribution is 2.38. The van der Waals surface area contributed by atoms with E-state index in [4.69, 9.17) is 16.7 Å². The summed E-state index contributed by atoms with van der Waals surface area (Å²) >= 11 is 6.06. The number of rotatable bonds is 6. The van der Waals surface area contributed by atoms with E-state index in [0.717, 1.165) is 12.1 Å². The first-order valence-electron chi connectivity index (χ1n) is 10.5. The molecule has 0 saturated carbocycles. The number of nitrogens with two attached hydrogens (primary N) is 1. The predicted octanol–water partition coefficient (Wildman–Crippen LogP) is 3.87. The van der Waals surface area contributed by atoms with Gasteiger partial charge in [-0.3, -0.25) is 9.59 Å². The molecule has 0 aliphatic carbocycles. The van der Waals surface area contributed by atoms with Crippen LogP contribution in [0.3, 0.4) is 0 Å². The molecular weight excluding hydrogens is 462 g/mol. The number of benzene rings is 2. The van der Waals surface area contributed by atoms with Gasteiger partial charge >= 0.3 is 0 Å². The number of carbonyl (C=O) groups is 2. The summed E-state index contributed by atoms with van der Waals surface area (Å²) in [5, 5.41) is 6.08. The van der Waals surface area contributed by atoms with Gasteiger partial charge in [0, 0.05) is 51.8 Å². The molecule has 1 saturated heterocycles. The van der Waals surface area contributed by atoms with E-state index in [1.165, 1.54) is 6.07 Å². The van der Waals surface area contributed by atoms with Crippen molar-refractivity contribution in [3.63, 3.8) is 0 Å². The summed E-state index contributed by atoms with van der Waals surface area (Å²) in [6.07, 6.45) is 1.15. The van der Waals surface area contributed by atoms with Gasteiger partial charge in [-0.2, -0.15) is 0 Å². The molecule has 3 aromatic rings. The van der Waals surface area contributed by atoms with Gasteiger partial charge in [0.25, 0.3) is 0 Å². The predicted molar refractivity (Wildman–Crippen MR) is 127 cm³/mol. The van der Waals surface area contributed by atoms with E-state index in [1.54, 1.807) is 35.2 Å². The molecule has 1 aromatic heterocycles. The highest BCUT2D eigenvalue weighted by molar-refractivity contribution is 7.89. The Labute approximate surface area is 197 Å². The normalized spacial score (nSPS) is 14.2. The van der Waals surface area contributed by atoms with Gasteiger partial charge in [0.15, 0.2) is 5.78 Å². The molecule has 0 bridgehead atoms. The molecule has 0 atom stereocenters. The van der Waals surface area contributed by atoms with Gasteiger partial charge in [-0.15, -0.1) is 0 Å². The lowest BCUT2D eigenvalue weighted by molar-refractivity contribution is -0.127. The maximum atomic E-state index is 13.6. The Hall–Kier alpha value is -2.94. The molecule has 0 unspecified atom stereocenters. The van der Waals surface area contributed by atoms with E-state index in [0.29, 0.717) is 46.1 Å². The Kier molecular flexibility index (Phi) is 6.18. The third-order valence-electron chi connectivity index (χ3n) is 5.98. The molecule has 2 N–H and O–H groups in total. The van der Waals surface area contributed by atoms with Crippen LogP contribution in [0.4, 0.5) is 0 Å². The average molecular weight is 486 g/mol. The number of hydrogen-bond donors (Lipinski definition) is 1.